The van der Waals surface area contributed by atoms with Gasteiger partial charge in [-0.15, -0.1) is 0 Å². The Morgan fingerprint density at radius 1 is 0.535 bits per heavy atom. The SMILES string of the molecule is C=C/C=C(\C=C)N(c1ccccc1)c1ccc2ccc3c(N(C(/C=C\C)=C/C=C)c4ccccc4)ccc4ccc1c2c43. The van der Waals surface area contributed by atoms with Crippen molar-refractivity contribution in [2.45, 2.75) is 6.92 Å². The summed E-state index contributed by atoms with van der Waals surface area (Å²) in [4.78, 5) is 4.57. The van der Waals surface area contributed by atoms with Gasteiger partial charge in [0, 0.05) is 33.5 Å². The Labute approximate surface area is 254 Å². The van der Waals surface area contributed by atoms with Crippen LogP contribution in [-0.4, -0.2) is 0 Å². The lowest BCUT2D eigenvalue weighted by Gasteiger charge is -2.30. The van der Waals surface area contributed by atoms with Crippen molar-refractivity contribution in [2.75, 3.05) is 9.80 Å². The van der Waals surface area contributed by atoms with E-state index in [1.807, 2.05) is 37.3 Å². The minimum Gasteiger partial charge on any atom is -0.310 e. The number of para-hydroxylation sites is 2. The van der Waals surface area contributed by atoms with Gasteiger partial charge in [-0.25, -0.2) is 0 Å². The highest BCUT2D eigenvalue weighted by Gasteiger charge is 2.21. The molecule has 2 nitrogen and oxygen atoms in total. The second-order valence-electron chi connectivity index (χ2n) is 10.3. The molecular formula is C41H34N2. The standard InChI is InChI=1S/C41H34N2/c1-5-15-32(8-4)42(34-18-11-9-12-19-34)38-28-24-30-23-27-37-39(29-25-31-22-26-36(38)40(30)41(31)37)43(33(16-6-2)17-7-3)35-20-13-10-14-21-35/h5-29H,1-2,4H2,3H3/b17-7-,32-15+,33-16+. The van der Waals surface area contributed by atoms with Crippen molar-refractivity contribution in [1.82, 2.24) is 0 Å². The van der Waals surface area contributed by atoms with E-state index in [0.29, 0.717) is 0 Å². The lowest BCUT2D eigenvalue weighted by Crippen LogP contribution is -2.16. The molecule has 208 valence electrons. The van der Waals surface area contributed by atoms with E-state index in [1.54, 1.807) is 0 Å². The molecule has 0 saturated carbocycles. The smallest absolute Gasteiger partial charge is 0.0540 e. The second kappa shape index (κ2) is 12.1. The number of anilines is 4. The van der Waals surface area contributed by atoms with E-state index in [-0.39, 0.29) is 0 Å². The molecule has 0 fully saturated rings. The van der Waals surface area contributed by atoms with Gasteiger partial charge in [-0.05, 0) is 89.2 Å². The molecule has 2 heteroatoms. The molecule has 0 amide bonds. The maximum Gasteiger partial charge on any atom is 0.0540 e. The van der Waals surface area contributed by atoms with Crippen molar-refractivity contribution in [3.05, 3.63) is 183 Å². The molecule has 0 unspecified atom stereocenters. The predicted octanol–water partition coefficient (Wildman–Crippen LogP) is 11.8. The highest BCUT2D eigenvalue weighted by molar-refractivity contribution is 6.27. The van der Waals surface area contributed by atoms with Gasteiger partial charge in [-0.1, -0.05) is 111 Å². The Morgan fingerprint density at radius 3 is 1.42 bits per heavy atom. The van der Waals surface area contributed by atoms with E-state index in [4.69, 9.17) is 0 Å². The zero-order valence-electron chi connectivity index (χ0n) is 24.4. The van der Waals surface area contributed by atoms with E-state index in [9.17, 15) is 0 Å². The molecule has 0 aliphatic heterocycles. The molecular weight excluding hydrogens is 520 g/mol. The van der Waals surface area contributed by atoms with E-state index < -0.39 is 0 Å². The monoisotopic (exact) mass is 554 g/mol. The molecule has 0 spiro atoms. The number of hydrogen-bond acceptors (Lipinski definition) is 2. The fourth-order valence-electron chi connectivity index (χ4n) is 6.02. The minimum absolute atomic E-state index is 0.956. The molecule has 0 heterocycles. The number of hydrogen-bond donors (Lipinski definition) is 0. The first-order valence-electron chi connectivity index (χ1n) is 14.5. The van der Waals surface area contributed by atoms with Crippen molar-refractivity contribution in [1.29, 1.82) is 0 Å². The Morgan fingerprint density at radius 2 is 0.977 bits per heavy atom. The average Bonchev–Trinajstić information content (AvgIpc) is 3.05. The van der Waals surface area contributed by atoms with Gasteiger partial charge in [0.2, 0.25) is 0 Å². The number of rotatable bonds is 10. The summed E-state index contributed by atoms with van der Waals surface area (Å²) in [5, 5.41) is 7.26. The van der Waals surface area contributed by atoms with E-state index in [1.165, 1.54) is 32.3 Å². The zero-order valence-corrected chi connectivity index (χ0v) is 24.4. The fraction of sp³-hybridized carbons (Fsp3) is 0.0244. The van der Waals surface area contributed by atoms with Crippen LogP contribution in [0, 0.1) is 0 Å². The molecule has 6 rings (SSSR count). The largest absolute Gasteiger partial charge is 0.310 e. The highest BCUT2D eigenvalue weighted by atomic mass is 15.2. The molecule has 0 radical (unpaired) electrons. The predicted molar refractivity (Wildman–Crippen MR) is 189 cm³/mol. The van der Waals surface area contributed by atoms with Crippen LogP contribution in [0.4, 0.5) is 22.7 Å². The first-order chi connectivity index (χ1) is 21.2. The summed E-state index contributed by atoms with van der Waals surface area (Å²) in [6, 6.07) is 38.9. The Balaban J connectivity index is 1.68. The van der Waals surface area contributed by atoms with Gasteiger partial charge in [-0.3, -0.25) is 0 Å². The lowest BCUT2D eigenvalue weighted by molar-refractivity contribution is 1.22. The van der Waals surface area contributed by atoms with Gasteiger partial charge in [-0.2, -0.15) is 0 Å². The first-order valence-corrected chi connectivity index (χ1v) is 14.5. The molecule has 6 aromatic rings. The molecule has 43 heavy (non-hydrogen) atoms. The Kier molecular flexibility index (Phi) is 7.76. The van der Waals surface area contributed by atoms with Crippen LogP contribution in [0.2, 0.25) is 0 Å². The van der Waals surface area contributed by atoms with Gasteiger partial charge in [0.1, 0.15) is 0 Å². The van der Waals surface area contributed by atoms with Crippen molar-refractivity contribution in [3.8, 4) is 0 Å². The first kappa shape index (κ1) is 27.6. The fourth-order valence-corrected chi connectivity index (χ4v) is 6.02. The van der Waals surface area contributed by atoms with Gasteiger partial charge in [0.05, 0.1) is 11.4 Å². The molecule has 0 atom stereocenters. The topological polar surface area (TPSA) is 6.48 Å². The maximum absolute atomic E-state index is 4.14. The molecule has 0 aromatic heterocycles. The second-order valence-corrected chi connectivity index (χ2v) is 10.3. The lowest BCUT2D eigenvalue weighted by atomic mass is 9.91. The third-order valence-corrected chi connectivity index (χ3v) is 7.77. The number of benzene rings is 6. The maximum atomic E-state index is 4.14. The number of allylic oxidation sites excluding steroid dienone is 7. The van der Waals surface area contributed by atoms with Crippen LogP contribution in [0.1, 0.15) is 6.92 Å². The molecule has 0 saturated heterocycles. The van der Waals surface area contributed by atoms with Gasteiger partial charge in [0.25, 0.3) is 0 Å². The Bertz CT molecular complexity index is 2030. The van der Waals surface area contributed by atoms with Crippen LogP contribution in [0.3, 0.4) is 0 Å². The van der Waals surface area contributed by atoms with Crippen LogP contribution >= 0.6 is 0 Å². The summed E-state index contributed by atoms with van der Waals surface area (Å²) in [7, 11) is 0. The summed E-state index contributed by atoms with van der Waals surface area (Å²) in [5.74, 6) is 0. The van der Waals surface area contributed by atoms with E-state index in [2.05, 4.69) is 151 Å². The van der Waals surface area contributed by atoms with Crippen molar-refractivity contribution >= 4 is 55.1 Å². The van der Waals surface area contributed by atoms with Crippen LogP contribution in [-0.2, 0) is 0 Å². The van der Waals surface area contributed by atoms with Crippen LogP contribution in [0.15, 0.2) is 183 Å². The summed E-state index contributed by atoms with van der Waals surface area (Å²) >= 11 is 0. The average molecular weight is 555 g/mol. The normalized spacial score (nSPS) is 12.3. The summed E-state index contributed by atoms with van der Waals surface area (Å²) in [6.45, 7) is 14.2. The highest BCUT2D eigenvalue weighted by Crippen LogP contribution is 2.45. The third-order valence-electron chi connectivity index (χ3n) is 7.77. The molecule has 0 aliphatic carbocycles. The van der Waals surface area contributed by atoms with Gasteiger partial charge in [0.15, 0.2) is 0 Å². The van der Waals surface area contributed by atoms with Crippen molar-refractivity contribution in [2.24, 2.45) is 0 Å². The molecule has 6 aromatic carbocycles. The van der Waals surface area contributed by atoms with Crippen LogP contribution in [0.25, 0.3) is 32.3 Å². The van der Waals surface area contributed by atoms with E-state index >= 15 is 0 Å². The Hall–Kier alpha value is -5.60. The molecule has 0 bridgehead atoms. The van der Waals surface area contributed by atoms with Crippen molar-refractivity contribution < 1.29 is 0 Å². The van der Waals surface area contributed by atoms with Gasteiger partial charge < -0.3 is 9.80 Å². The van der Waals surface area contributed by atoms with Crippen molar-refractivity contribution in [3.63, 3.8) is 0 Å². The quantitative estimate of drug-likeness (QED) is 0.123. The number of nitrogens with zero attached hydrogens (tertiary/aromatic N) is 2. The van der Waals surface area contributed by atoms with Crippen LogP contribution in [0.5, 0.6) is 0 Å². The van der Waals surface area contributed by atoms with E-state index in [0.717, 1.165) is 34.1 Å². The van der Waals surface area contributed by atoms with Gasteiger partial charge >= 0.3 is 0 Å². The molecule has 0 aliphatic rings. The molecule has 0 N–H and O–H groups in total. The summed E-state index contributed by atoms with van der Waals surface area (Å²) < 4.78 is 0. The van der Waals surface area contributed by atoms with Crippen LogP contribution < -0.4 is 9.80 Å². The third kappa shape index (κ3) is 4.94. The minimum atomic E-state index is 0.956. The zero-order chi connectivity index (χ0) is 29.8. The summed E-state index contributed by atoms with van der Waals surface area (Å²) in [5.41, 5.74) is 6.35. The summed E-state index contributed by atoms with van der Waals surface area (Å²) in [6.07, 6.45) is 13.8.